The first-order chi connectivity index (χ1) is 11.4. The number of hydrogen-bond donors (Lipinski definition) is 2. The molecule has 128 valence electrons. The van der Waals surface area contributed by atoms with Crippen molar-refractivity contribution < 1.29 is 14.0 Å². The Morgan fingerprint density at radius 2 is 1.79 bits per heavy atom. The molecular weight excluding hydrogens is 306 g/mol. The Hall–Kier alpha value is -2.60. The Balaban J connectivity index is 1.94. The Morgan fingerprint density at radius 3 is 2.33 bits per heavy atom. The van der Waals surface area contributed by atoms with E-state index in [0.29, 0.717) is 5.69 Å². The Bertz CT molecular complexity index is 688. The van der Waals surface area contributed by atoms with Gasteiger partial charge in [0.1, 0.15) is 5.76 Å². The van der Waals surface area contributed by atoms with Gasteiger partial charge in [-0.3, -0.25) is 14.5 Å². The Labute approximate surface area is 141 Å². The highest BCUT2D eigenvalue weighted by molar-refractivity contribution is 6.39. The molecule has 0 saturated carbocycles. The third kappa shape index (κ3) is 4.70. The van der Waals surface area contributed by atoms with E-state index in [1.807, 2.05) is 57.1 Å². The number of carbonyl (C=O) groups excluding carboxylic acids is 2. The van der Waals surface area contributed by atoms with E-state index < -0.39 is 11.8 Å². The van der Waals surface area contributed by atoms with Gasteiger partial charge in [0.05, 0.1) is 12.3 Å². The van der Waals surface area contributed by atoms with E-state index in [1.54, 1.807) is 12.3 Å². The van der Waals surface area contributed by atoms with E-state index in [2.05, 4.69) is 10.6 Å². The lowest BCUT2D eigenvalue weighted by atomic mass is 10.1. The van der Waals surface area contributed by atoms with Crippen LogP contribution in [0.2, 0.25) is 0 Å². The number of anilines is 1. The highest BCUT2D eigenvalue weighted by Gasteiger charge is 2.20. The van der Waals surface area contributed by atoms with Gasteiger partial charge < -0.3 is 15.1 Å². The lowest BCUT2D eigenvalue weighted by Crippen LogP contribution is -2.40. The van der Waals surface area contributed by atoms with Gasteiger partial charge in [-0.15, -0.1) is 0 Å². The summed E-state index contributed by atoms with van der Waals surface area (Å²) in [5, 5.41) is 5.27. The molecule has 0 aliphatic carbocycles. The molecule has 6 heteroatoms. The minimum Gasteiger partial charge on any atom is -0.468 e. The van der Waals surface area contributed by atoms with Gasteiger partial charge in [0.25, 0.3) is 0 Å². The normalized spacial score (nSPS) is 12.0. The molecule has 1 aromatic carbocycles. The number of likely N-dealkylation sites (N-methyl/N-ethyl adjacent to an activating group) is 1. The summed E-state index contributed by atoms with van der Waals surface area (Å²) < 4.78 is 5.38. The third-order valence-electron chi connectivity index (χ3n) is 3.64. The Kier molecular flexibility index (Phi) is 5.76. The third-order valence-corrected chi connectivity index (χ3v) is 3.64. The number of furan rings is 1. The summed E-state index contributed by atoms with van der Waals surface area (Å²) in [6, 6.07) is 9.14. The maximum absolute atomic E-state index is 12.0. The van der Waals surface area contributed by atoms with Crippen molar-refractivity contribution in [2.45, 2.75) is 19.9 Å². The van der Waals surface area contributed by atoms with Crippen molar-refractivity contribution in [2.75, 3.05) is 26.0 Å². The number of carbonyl (C=O) groups is 2. The Morgan fingerprint density at radius 1 is 1.12 bits per heavy atom. The van der Waals surface area contributed by atoms with Crippen molar-refractivity contribution in [3.8, 4) is 0 Å². The molecule has 0 spiro atoms. The number of nitrogens with zero attached hydrogens (tertiary/aromatic N) is 1. The quantitative estimate of drug-likeness (QED) is 0.825. The van der Waals surface area contributed by atoms with Crippen LogP contribution in [0.25, 0.3) is 0 Å². The van der Waals surface area contributed by atoms with Crippen LogP contribution in [0.1, 0.15) is 22.9 Å². The highest BCUT2D eigenvalue weighted by Crippen LogP contribution is 2.17. The van der Waals surface area contributed by atoms with Crippen LogP contribution in [0.4, 0.5) is 5.69 Å². The first-order valence-corrected chi connectivity index (χ1v) is 7.74. The highest BCUT2D eigenvalue weighted by atomic mass is 16.3. The monoisotopic (exact) mass is 329 g/mol. The molecule has 24 heavy (non-hydrogen) atoms. The molecule has 0 bridgehead atoms. The van der Waals surface area contributed by atoms with Crippen LogP contribution in [0, 0.1) is 13.8 Å². The average molecular weight is 329 g/mol. The van der Waals surface area contributed by atoms with Crippen molar-refractivity contribution in [3.63, 3.8) is 0 Å². The number of amides is 2. The van der Waals surface area contributed by atoms with Crippen LogP contribution in [-0.4, -0.2) is 37.4 Å². The topological polar surface area (TPSA) is 74.6 Å². The predicted molar refractivity (Wildman–Crippen MR) is 92.7 cm³/mol. The zero-order valence-corrected chi connectivity index (χ0v) is 14.4. The van der Waals surface area contributed by atoms with Crippen LogP contribution < -0.4 is 10.6 Å². The minimum absolute atomic E-state index is 0.141. The van der Waals surface area contributed by atoms with Crippen LogP contribution in [0.15, 0.2) is 41.0 Å². The molecule has 1 atom stereocenters. The van der Waals surface area contributed by atoms with Crippen molar-refractivity contribution in [3.05, 3.63) is 53.5 Å². The van der Waals surface area contributed by atoms with Gasteiger partial charge in [-0.05, 0) is 63.3 Å². The van der Waals surface area contributed by atoms with E-state index in [1.165, 1.54) is 0 Å². The molecule has 0 aliphatic rings. The van der Waals surface area contributed by atoms with E-state index >= 15 is 0 Å². The summed E-state index contributed by atoms with van der Waals surface area (Å²) in [5.74, 6) is -0.625. The van der Waals surface area contributed by atoms with Crippen LogP contribution >= 0.6 is 0 Å². The zero-order chi connectivity index (χ0) is 17.7. The van der Waals surface area contributed by atoms with E-state index in [0.717, 1.165) is 16.9 Å². The average Bonchev–Trinajstić information content (AvgIpc) is 2.99. The first kappa shape index (κ1) is 17.7. The van der Waals surface area contributed by atoms with E-state index in [-0.39, 0.29) is 12.6 Å². The zero-order valence-electron chi connectivity index (χ0n) is 14.4. The van der Waals surface area contributed by atoms with Crippen LogP contribution in [0.3, 0.4) is 0 Å². The summed E-state index contributed by atoms with van der Waals surface area (Å²) in [6.45, 7) is 4.15. The predicted octanol–water partition coefficient (Wildman–Crippen LogP) is 2.25. The number of aryl methyl sites for hydroxylation is 2. The maximum Gasteiger partial charge on any atom is 0.313 e. The van der Waals surface area contributed by atoms with Gasteiger partial charge >= 0.3 is 11.8 Å². The second kappa shape index (κ2) is 7.79. The van der Waals surface area contributed by atoms with Gasteiger partial charge in [-0.1, -0.05) is 6.07 Å². The van der Waals surface area contributed by atoms with Gasteiger partial charge in [0.2, 0.25) is 0 Å². The van der Waals surface area contributed by atoms with Gasteiger partial charge in [-0.2, -0.15) is 0 Å². The molecule has 0 radical (unpaired) electrons. The van der Waals surface area contributed by atoms with Gasteiger partial charge in [0, 0.05) is 12.2 Å². The van der Waals surface area contributed by atoms with Crippen molar-refractivity contribution in [1.82, 2.24) is 10.2 Å². The van der Waals surface area contributed by atoms with E-state index in [9.17, 15) is 9.59 Å². The largest absolute Gasteiger partial charge is 0.468 e. The second-order valence-electron chi connectivity index (χ2n) is 6.04. The summed E-state index contributed by atoms with van der Waals surface area (Å²) in [6.07, 6.45) is 1.58. The summed E-state index contributed by atoms with van der Waals surface area (Å²) in [5.41, 5.74) is 2.66. The smallest absolute Gasteiger partial charge is 0.313 e. The molecule has 0 unspecified atom stereocenters. The minimum atomic E-state index is -0.683. The maximum atomic E-state index is 12.0. The molecule has 1 heterocycles. The molecular formula is C18H23N3O3. The molecule has 0 fully saturated rings. The number of nitrogens with one attached hydrogen (secondary N) is 2. The molecule has 0 saturated heterocycles. The summed E-state index contributed by atoms with van der Waals surface area (Å²) >= 11 is 0. The molecule has 2 N–H and O–H groups in total. The molecule has 1 aromatic heterocycles. The SMILES string of the molecule is Cc1cc(C)cc(NC(=O)C(=O)NC[C@H](c2ccco2)N(C)C)c1. The summed E-state index contributed by atoms with van der Waals surface area (Å²) in [7, 11) is 3.77. The molecule has 6 nitrogen and oxygen atoms in total. The number of benzene rings is 1. The molecule has 2 rings (SSSR count). The van der Waals surface area contributed by atoms with E-state index in [4.69, 9.17) is 4.42 Å². The second-order valence-corrected chi connectivity index (χ2v) is 6.04. The lowest BCUT2D eigenvalue weighted by Gasteiger charge is -2.22. The fourth-order valence-electron chi connectivity index (χ4n) is 2.52. The fraction of sp³-hybridized carbons (Fsp3) is 0.333. The first-order valence-electron chi connectivity index (χ1n) is 7.74. The van der Waals surface area contributed by atoms with Crippen LogP contribution in [0.5, 0.6) is 0 Å². The lowest BCUT2D eigenvalue weighted by molar-refractivity contribution is -0.136. The number of hydrogen-bond acceptors (Lipinski definition) is 4. The molecule has 0 aliphatic heterocycles. The van der Waals surface area contributed by atoms with Crippen LogP contribution in [-0.2, 0) is 9.59 Å². The van der Waals surface area contributed by atoms with Gasteiger partial charge in [0.15, 0.2) is 0 Å². The van der Waals surface area contributed by atoms with Crippen molar-refractivity contribution in [2.24, 2.45) is 0 Å². The molecule has 2 aromatic rings. The van der Waals surface area contributed by atoms with Crippen molar-refractivity contribution in [1.29, 1.82) is 0 Å². The van der Waals surface area contributed by atoms with Gasteiger partial charge in [-0.25, -0.2) is 0 Å². The fourth-order valence-corrected chi connectivity index (χ4v) is 2.52. The number of rotatable bonds is 5. The molecule has 2 amide bonds. The van der Waals surface area contributed by atoms with Crippen molar-refractivity contribution >= 4 is 17.5 Å². The standard InChI is InChI=1S/C18H23N3O3/c1-12-8-13(2)10-14(9-12)20-18(23)17(22)19-11-15(21(3)4)16-6-5-7-24-16/h5-10,15H,11H2,1-4H3,(H,19,22)(H,20,23)/t15-/m1/s1. The summed E-state index contributed by atoms with van der Waals surface area (Å²) in [4.78, 5) is 26.0.